The van der Waals surface area contributed by atoms with E-state index in [9.17, 15) is 0 Å². The first kappa shape index (κ1) is 11.9. The van der Waals surface area contributed by atoms with E-state index >= 15 is 0 Å². The number of hydrogen-bond donors (Lipinski definition) is 0. The van der Waals surface area contributed by atoms with Crippen molar-refractivity contribution in [2.45, 2.75) is 18.9 Å². The molecule has 3 heteroatoms. The lowest BCUT2D eigenvalue weighted by atomic mass is 10.1. The standard InChI is InChI=1S/C15H12Cl2O/c16-11-6-8-15(13(17)9-11)18-14-7-5-10-3-1-2-4-12(10)14/h1-4,6,8-9,14H,5,7H2. The Kier molecular flexibility index (Phi) is 3.19. The highest BCUT2D eigenvalue weighted by Gasteiger charge is 2.24. The Labute approximate surface area is 116 Å². The second kappa shape index (κ2) is 4.83. The topological polar surface area (TPSA) is 9.23 Å². The zero-order chi connectivity index (χ0) is 12.5. The molecule has 0 saturated carbocycles. The van der Waals surface area contributed by atoms with Gasteiger partial charge in [0.05, 0.1) is 5.02 Å². The van der Waals surface area contributed by atoms with Crippen molar-refractivity contribution in [2.24, 2.45) is 0 Å². The number of hydrogen-bond acceptors (Lipinski definition) is 1. The number of rotatable bonds is 2. The lowest BCUT2D eigenvalue weighted by molar-refractivity contribution is 0.208. The minimum Gasteiger partial charge on any atom is -0.484 e. The third-order valence-electron chi connectivity index (χ3n) is 3.24. The van der Waals surface area contributed by atoms with Gasteiger partial charge in [-0.05, 0) is 42.2 Å². The summed E-state index contributed by atoms with van der Waals surface area (Å²) in [6.07, 6.45) is 2.16. The number of halogens is 2. The maximum atomic E-state index is 6.13. The van der Waals surface area contributed by atoms with Crippen molar-refractivity contribution in [3.63, 3.8) is 0 Å². The Balaban J connectivity index is 1.86. The van der Waals surface area contributed by atoms with Crippen LogP contribution in [0.1, 0.15) is 23.7 Å². The van der Waals surface area contributed by atoms with Crippen LogP contribution in [-0.2, 0) is 6.42 Å². The van der Waals surface area contributed by atoms with Gasteiger partial charge >= 0.3 is 0 Å². The molecule has 1 atom stereocenters. The first-order chi connectivity index (χ1) is 8.74. The fraction of sp³-hybridized carbons (Fsp3) is 0.200. The third-order valence-corrected chi connectivity index (χ3v) is 3.77. The summed E-state index contributed by atoms with van der Waals surface area (Å²) in [5, 5.41) is 1.19. The maximum absolute atomic E-state index is 6.13. The molecule has 3 rings (SSSR count). The van der Waals surface area contributed by atoms with Gasteiger partial charge in [0.1, 0.15) is 11.9 Å². The average Bonchev–Trinajstić information content (AvgIpc) is 2.76. The molecular weight excluding hydrogens is 267 g/mol. The van der Waals surface area contributed by atoms with Gasteiger partial charge < -0.3 is 4.74 Å². The van der Waals surface area contributed by atoms with Gasteiger partial charge in [-0.2, -0.15) is 0 Å². The molecule has 2 aromatic rings. The van der Waals surface area contributed by atoms with Gasteiger partial charge in [-0.1, -0.05) is 47.5 Å². The van der Waals surface area contributed by atoms with Gasteiger partial charge in [-0.25, -0.2) is 0 Å². The van der Waals surface area contributed by atoms with Gasteiger partial charge in [-0.3, -0.25) is 0 Å². The van der Waals surface area contributed by atoms with Crippen molar-refractivity contribution in [1.82, 2.24) is 0 Å². The summed E-state index contributed by atoms with van der Waals surface area (Å²) in [4.78, 5) is 0. The van der Waals surface area contributed by atoms with E-state index in [4.69, 9.17) is 27.9 Å². The highest BCUT2D eigenvalue weighted by atomic mass is 35.5. The second-order valence-electron chi connectivity index (χ2n) is 4.42. The Morgan fingerprint density at radius 3 is 2.72 bits per heavy atom. The van der Waals surface area contributed by atoms with Crippen LogP contribution in [-0.4, -0.2) is 0 Å². The molecule has 0 fully saturated rings. The van der Waals surface area contributed by atoms with Crippen molar-refractivity contribution in [3.05, 3.63) is 63.6 Å². The van der Waals surface area contributed by atoms with E-state index in [2.05, 4.69) is 18.2 Å². The molecular formula is C15H12Cl2O. The molecule has 1 aliphatic carbocycles. The highest BCUT2D eigenvalue weighted by molar-refractivity contribution is 6.35. The molecule has 1 unspecified atom stereocenters. The average molecular weight is 279 g/mol. The Bertz CT molecular complexity index is 580. The second-order valence-corrected chi connectivity index (χ2v) is 5.26. The van der Waals surface area contributed by atoms with Crippen LogP contribution in [0.2, 0.25) is 10.0 Å². The Morgan fingerprint density at radius 2 is 1.89 bits per heavy atom. The van der Waals surface area contributed by atoms with E-state index in [1.165, 1.54) is 11.1 Å². The molecule has 1 aliphatic rings. The predicted octanol–water partition coefficient (Wildman–Crippen LogP) is 5.06. The molecule has 0 saturated heterocycles. The number of fused-ring (bicyclic) bond motifs is 1. The van der Waals surface area contributed by atoms with Crippen molar-refractivity contribution >= 4 is 23.2 Å². The van der Waals surface area contributed by atoms with Crippen LogP contribution in [0.5, 0.6) is 5.75 Å². The van der Waals surface area contributed by atoms with E-state index < -0.39 is 0 Å². The molecule has 2 aromatic carbocycles. The molecule has 1 nitrogen and oxygen atoms in total. The fourth-order valence-electron chi connectivity index (χ4n) is 2.36. The SMILES string of the molecule is Clc1ccc(OC2CCc3ccccc32)c(Cl)c1. The first-order valence-electron chi connectivity index (χ1n) is 5.93. The summed E-state index contributed by atoms with van der Waals surface area (Å²) in [7, 11) is 0. The molecule has 92 valence electrons. The van der Waals surface area contributed by atoms with E-state index in [-0.39, 0.29) is 6.10 Å². The zero-order valence-electron chi connectivity index (χ0n) is 9.70. The Hall–Kier alpha value is -1.18. The van der Waals surface area contributed by atoms with Crippen molar-refractivity contribution in [2.75, 3.05) is 0 Å². The van der Waals surface area contributed by atoms with E-state index in [0.717, 1.165) is 12.8 Å². The van der Waals surface area contributed by atoms with E-state index in [1.807, 2.05) is 12.1 Å². The molecule has 0 N–H and O–H groups in total. The summed E-state index contributed by atoms with van der Waals surface area (Å²) < 4.78 is 6.00. The van der Waals surface area contributed by atoms with Crippen LogP contribution in [0.25, 0.3) is 0 Å². The van der Waals surface area contributed by atoms with Gasteiger partial charge in [0, 0.05) is 5.02 Å². The first-order valence-corrected chi connectivity index (χ1v) is 6.69. The van der Waals surface area contributed by atoms with Gasteiger partial charge in [0.2, 0.25) is 0 Å². The number of benzene rings is 2. The quantitative estimate of drug-likeness (QED) is 0.746. The van der Waals surface area contributed by atoms with Crippen LogP contribution < -0.4 is 4.74 Å². The van der Waals surface area contributed by atoms with E-state index in [1.54, 1.807) is 12.1 Å². The largest absolute Gasteiger partial charge is 0.484 e. The number of aryl methyl sites for hydroxylation is 1. The monoisotopic (exact) mass is 278 g/mol. The molecule has 0 radical (unpaired) electrons. The molecule has 0 spiro atoms. The molecule has 18 heavy (non-hydrogen) atoms. The minimum absolute atomic E-state index is 0.0971. The maximum Gasteiger partial charge on any atom is 0.138 e. The van der Waals surface area contributed by atoms with Crippen LogP contribution in [0.15, 0.2) is 42.5 Å². The number of ether oxygens (including phenoxy) is 1. The van der Waals surface area contributed by atoms with Crippen molar-refractivity contribution in [3.8, 4) is 5.75 Å². The molecule has 0 aromatic heterocycles. The molecule has 0 amide bonds. The van der Waals surface area contributed by atoms with Crippen LogP contribution in [0, 0.1) is 0 Å². The summed E-state index contributed by atoms with van der Waals surface area (Å²) in [5.41, 5.74) is 2.64. The summed E-state index contributed by atoms with van der Waals surface area (Å²) in [6, 6.07) is 13.7. The molecule has 0 aliphatic heterocycles. The van der Waals surface area contributed by atoms with Crippen LogP contribution in [0.4, 0.5) is 0 Å². The lowest BCUT2D eigenvalue weighted by Gasteiger charge is -2.16. The van der Waals surface area contributed by atoms with Crippen LogP contribution >= 0.6 is 23.2 Å². The third kappa shape index (κ3) is 2.21. The van der Waals surface area contributed by atoms with Gasteiger partial charge in [-0.15, -0.1) is 0 Å². The van der Waals surface area contributed by atoms with Crippen molar-refractivity contribution < 1.29 is 4.74 Å². The molecule has 0 heterocycles. The van der Waals surface area contributed by atoms with Crippen molar-refractivity contribution in [1.29, 1.82) is 0 Å². The van der Waals surface area contributed by atoms with E-state index in [0.29, 0.717) is 15.8 Å². The Morgan fingerprint density at radius 1 is 1.06 bits per heavy atom. The normalized spacial score (nSPS) is 17.6. The van der Waals surface area contributed by atoms with Gasteiger partial charge in [0.15, 0.2) is 0 Å². The summed E-state index contributed by atoms with van der Waals surface area (Å²) in [6.45, 7) is 0. The summed E-state index contributed by atoms with van der Waals surface area (Å²) >= 11 is 12.0. The zero-order valence-corrected chi connectivity index (χ0v) is 11.2. The predicted molar refractivity (Wildman–Crippen MR) is 74.6 cm³/mol. The lowest BCUT2D eigenvalue weighted by Crippen LogP contribution is -2.03. The van der Waals surface area contributed by atoms with Crippen LogP contribution in [0.3, 0.4) is 0 Å². The molecule has 0 bridgehead atoms. The summed E-state index contributed by atoms with van der Waals surface area (Å²) in [5.74, 6) is 0.697. The highest BCUT2D eigenvalue weighted by Crippen LogP contribution is 2.37. The smallest absolute Gasteiger partial charge is 0.138 e. The minimum atomic E-state index is 0.0971. The van der Waals surface area contributed by atoms with Gasteiger partial charge in [0.25, 0.3) is 0 Å². The fourth-order valence-corrected chi connectivity index (χ4v) is 2.82.